The van der Waals surface area contributed by atoms with E-state index in [4.69, 9.17) is 0 Å². The van der Waals surface area contributed by atoms with Gasteiger partial charge in [0, 0.05) is 38.6 Å². The van der Waals surface area contributed by atoms with Crippen molar-refractivity contribution in [3.63, 3.8) is 0 Å². The summed E-state index contributed by atoms with van der Waals surface area (Å²) in [5.41, 5.74) is 3.12. The number of aromatic nitrogens is 1. The molecule has 1 aromatic heterocycles. The number of carbonyl (C=O) groups is 1. The van der Waals surface area contributed by atoms with Gasteiger partial charge in [0.25, 0.3) is 5.91 Å². The summed E-state index contributed by atoms with van der Waals surface area (Å²) in [6, 6.07) is 8.57. The van der Waals surface area contributed by atoms with Gasteiger partial charge in [0.1, 0.15) is 0 Å². The Balaban J connectivity index is 2.24. The van der Waals surface area contributed by atoms with E-state index in [0.29, 0.717) is 11.1 Å². The predicted molar refractivity (Wildman–Crippen MR) is 98.1 cm³/mol. The van der Waals surface area contributed by atoms with Crippen molar-refractivity contribution in [2.75, 3.05) is 14.1 Å². The molecule has 0 unspecified atom stereocenters. The monoisotopic (exact) mass is 363 g/mol. The van der Waals surface area contributed by atoms with Crippen molar-refractivity contribution in [2.45, 2.75) is 38.8 Å². The number of aryl methyl sites for hydroxylation is 1. The Hall–Kier alpha value is -2.12. The summed E-state index contributed by atoms with van der Waals surface area (Å²) in [5.74, 6) is -0.204. The third-order valence-corrected chi connectivity index (χ3v) is 6.22. The number of nitrogens with one attached hydrogen (secondary N) is 1. The molecule has 0 saturated heterocycles. The van der Waals surface area contributed by atoms with Gasteiger partial charge >= 0.3 is 0 Å². The van der Waals surface area contributed by atoms with Crippen LogP contribution < -0.4 is 5.32 Å². The second kappa shape index (κ2) is 7.41. The van der Waals surface area contributed by atoms with Gasteiger partial charge < -0.3 is 9.88 Å². The number of sulfonamides is 1. The van der Waals surface area contributed by atoms with Crippen molar-refractivity contribution in [3.8, 4) is 0 Å². The standard InChI is InChI=1S/C18H25N3O3S/c1-6-21-13(2)11-16(14(21)3)18(22)19-12-15-9-7-8-10-17(15)25(23,24)20(4)5/h7-11H,6,12H2,1-5H3,(H,19,22). The molecule has 0 spiro atoms. The van der Waals surface area contributed by atoms with Crippen molar-refractivity contribution in [1.82, 2.24) is 14.2 Å². The maximum atomic E-state index is 12.5. The van der Waals surface area contributed by atoms with Crippen LogP contribution in [0.15, 0.2) is 35.2 Å². The van der Waals surface area contributed by atoms with Gasteiger partial charge in [0.2, 0.25) is 10.0 Å². The molecule has 1 heterocycles. The van der Waals surface area contributed by atoms with Gasteiger partial charge in [-0.15, -0.1) is 0 Å². The fourth-order valence-corrected chi connectivity index (χ4v) is 4.00. The van der Waals surface area contributed by atoms with E-state index in [1.807, 2.05) is 26.8 Å². The molecular formula is C18H25N3O3S. The maximum Gasteiger partial charge on any atom is 0.253 e. The third-order valence-electron chi connectivity index (χ3n) is 4.31. The molecule has 2 aromatic rings. The van der Waals surface area contributed by atoms with Gasteiger partial charge in [-0.3, -0.25) is 4.79 Å². The lowest BCUT2D eigenvalue weighted by molar-refractivity contribution is 0.0950. The van der Waals surface area contributed by atoms with Gasteiger partial charge in [0.05, 0.1) is 10.5 Å². The van der Waals surface area contributed by atoms with Crippen LogP contribution in [0.3, 0.4) is 0 Å². The van der Waals surface area contributed by atoms with Crippen LogP contribution in [0, 0.1) is 13.8 Å². The number of rotatable bonds is 6. The minimum Gasteiger partial charge on any atom is -0.349 e. The number of amides is 1. The highest BCUT2D eigenvalue weighted by molar-refractivity contribution is 7.89. The largest absolute Gasteiger partial charge is 0.349 e. The summed E-state index contributed by atoms with van der Waals surface area (Å²) in [6.45, 7) is 6.86. The molecule has 136 valence electrons. The van der Waals surface area contributed by atoms with Gasteiger partial charge in [-0.25, -0.2) is 12.7 Å². The van der Waals surface area contributed by atoms with Crippen LogP contribution in [0.25, 0.3) is 0 Å². The Kier molecular flexibility index (Phi) is 5.69. The van der Waals surface area contributed by atoms with E-state index in [-0.39, 0.29) is 17.3 Å². The van der Waals surface area contributed by atoms with E-state index >= 15 is 0 Å². The zero-order valence-electron chi connectivity index (χ0n) is 15.3. The van der Waals surface area contributed by atoms with E-state index in [1.165, 1.54) is 18.4 Å². The zero-order valence-corrected chi connectivity index (χ0v) is 16.1. The van der Waals surface area contributed by atoms with Crippen molar-refractivity contribution >= 4 is 15.9 Å². The second-order valence-electron chi connectivity index (χ2n) is 6.11. The first-order valence-electron chi connectivity index (χ1n) is 8.15. The number of benzene rings is 1. The van der Waals surface area contributed by atoms with E-state index < -0.39 is 10.0 Å². The Morgan fingerprint density at radius 1 is 1.20 bits per heavy atom. The third kappa shape index (κ3) is 3.77. The van der Waals surface area contributed by atoms with E-state index in [2.05, 4.69) is 9.88 Å². The van der Waals surface area contributed by atoms with Gasteiger partial charge in [-0.1, -0.05) is 18.2 Å². The summed E-state index contributed by atoms with van der Waals surface area (Å²) in [4.78, 5) is 12.7. The summed E-state index contributed by atoms with van der Waals surface area (Å²) < 4.78 is 28.1. The van der Waals surface area contributed by atoms with Crippen LogP contribution in [0.2, 0.25) is 0 Å². The van der Waals surface area contributed by atoms with Crippen LogP contribution in [0.5, 0.6) is 0 Å². The summed E-state index contributed by atoms with van der Waals surface area (Å²) >= 11 is 0. The Morgan fingerprint density at radius 3 is 2.40 bits per heavy atom. The van der Waals surface area contributed by atoms with Crippen molar-refractivity contribution < 1.29 is 13.2 Å². The molecule has 25 heavy (non-hydrogen) atoms. The summed E-state index contributed by atoms with van der Waals surface area (Å²) in [5, 5.41) is 2.84. The van der Waals surface area contributed by atoms with Crippen molar-refractivity contribution in [1.29, 1.82) is 0 Å². The average Bonchev–Trinajstić information content (AvgIpc) is 2.86. The predicted octanol–water partition coefficient (Wildman–Crippen LogP) is 2.31. The molecule has 0 aliphatic carbocycles. The summed E-state index contributed by atoms with van der Waals surface area (Å²) in [7, 11) is -0.576. The molecule has 6 nitrogen and oxygen atoms in total. The van der Waals surface area contributed by atoms with Crippen LogP contribution >= 0.6 is 0 Å². The molecule has 0 aliphatic heterocycles. The lowest BCUT2D eigenvalue weighted by Gasteiger charge is -2.15. The van der Waals surface area contributed by atoms with Crippen LogP contribution in [-0.2, 0) is 23.1 Å². The van der Waals surface area contributed by atoms with Crippen molar-refractivity contribution in [2.24, 2.45) is 0 Å². The maximum absolute atomic E-state index is 12.5. The van der Waals surface area contributed by atoms with Gasteiger partial charge in [-0.2, -0.15) is 0 Å². The molecule has 0 fully saturated rings. The molecule has 0 atom stereocenters. The smallest absolute Gasteiger partial charge is 0.253 e. The molecule has 0 radical (unpaired) electrons. The fraction of sp³-hybridized carbons (Fsp3) is 0.389. The van der Waals surface area contributed by atoms with Crippen LogP contribution in [0.4, 0.5) is 0 Å². The lowest BCUT2D eigenvalue weighted by atomic mass is 10.2. The average molecular weight is 363 g/mol. The molecule has 0 saturated carbocycles. The lowest BCUT2D eigenvalue weighted by Crippen LogP contribution is -2.27. The Bertz CT molecular complexity index is 883. The molecular weight excluding hydrogens is 338 g/mol. The highest BCUT2D eigenvalue weighted by Gasteiger charge is 2.21. The normalized spacial score (nSPS) is 11.8. The molecule has 1 amide bonds. The van der Waals surface area contributed by atoms with Crippen molar-refractivity contribution in [3.05, 3.63) is 52.8 Å². The van der Waals surface area contributed by atoms with E-state index in [9.17, 15) is 13.2 Å². The Morgan fingerprint density at radius 2 is 1.84 bits per heavy atom. The minimum absolute atomic E-state index is 0.151. The molecule has 0 aliphatic rings. The number of carbonyl (C=O) groups excluding carboxylic acids is 1. The number of nitrogens with zero attached hydrogens (tertiary/aromatic N) is 2. The number of hydrogen-bond donors (Lipinski definition) is 1. The fourth-order valence-electron chi connectivity index (χ4n) is 2.89. The highest BCUT2D eigenvalue weighted by atomic mass is 32.2. The van der Waals surface area contributed by atoms with E-state index in [1.54, 1.807) is 24.3 Å². The van der Waals surface area contributed by atoms with Gasteiger partial charge in [0.15, 0.2) is 0 Å². The van der Waals surface area contributed by atoms with Crippen LogP contribution in [0.1, 0.15) is 34.2 Å². The second-order valence-corrected chi connectivity index (χ2v) is 8.23. The summed E-state index contributed by atoms with van der Waals surface area (Å²) in [6.07, 6.45) is 0. The SMILES string of the molecule is CCn1c(C)cc(C(=O)NCc2ccccc2S(=O)(=O)N(C)C)c1C. The first kappa shape index (κ1) is 19.2. The highest BCUT2D eigenvalue weighted by Crippen LogP contribution is 2.19. The van der Waals surface area contributed by atoms with E-state index in [0.717, 1.165) is 17.9 Å². The molecule has 2 rings (SSSR count). The molecule has 7 heteroatoms. The van der Waals surface area contributed by atoms with Gasteiger partial charge in [-0.05, 0) is 38.5 Å². The molecule has 0 bridgehead atoms. The number of hydrogen-bond acceptors (Lipinski definition) is 3. The molecule has 1 aromatic carbocycles. The zero-order chi connectivity index (χ0) is 18.8. The first-order valence-corrected chi connectivity index (χ1v) is 9.59. The van der Waals surface area contributed by atoms with Crippen LogP contribution in [-0.4, -0.2) is 37.3 Å². The molecule has 1 N–H and O–H groups in total. The quantitative estimate of drug-likeness (QED) is 0.856. The topological polar surface area (TPSA) is 71.4 Å². The minimum atomic E-state index is -3.56. The first-order chi connectivity index (χ1) is 11.7. The Labute approximate surface area is 149 Å².